The largest absolute Gasteiger partial charge is 0.384 e. The van der Waals surface area contributed by atoms with Crippen molar-refractivity contribution in [3.8, 4) is 0 Å². The minimum Gasteiger partial charge on any atom is -0.384 e. The van der Waals surface area contributed by atoms with E-state index < -0.39 is 0 Å². The second-order valence-corrected chi connectivity index (χ2v) is 8.14. The second-order valence-electron chi connectivity index (χ2n) is 7.33. The van der Waals surface area contributed by atoms with Crippen LogP contribution in [-0.4, -0.2) is 37.6 Å². The summed E-state index contributed by atoms with van der Waals surface area (Å²) in [7, 11) is 1.74. The number of hydrogen-bond acceptors (Lipinski definition) is 2. The van der Waals surface area contributed by atoms with Gasteiger partial charge in [-0.3, -0.25) is 4.79 Å². The molecule has 3 nitrogen and oxygen atoms in total. The second kappa shape index (κ2) is 5.40. The van der Waals surface area contributed by atoms with Gasteiger partial charge in [0.1, 0.15) is 0 Å². The van der Waals surface area contributed by atoms with Gasteiger partial charge in [0.25, 0.3) is 5.91 Å². The van der Waals surface area contributed by atoms with E-state index in [1.54, 1.807) is 25.3 Å². The Balaban J connectivity index is 1.82. The Morgan fingerprint density at radius 1 is 1.36 bits per heavy atom. The summed E-state index contributed by atoms with van der Waals surface area (Å²) >= 11 is 12.0. The Bertz CT molecular complexity index is 617. The maximum Gasteiger partial charge on any atom is 0.253 e. The van der Waals surface area contributed by atoms with E-state index in [2.05, 4.69) is 13.8 Å². The van der Waals surface area contributed by atoms with Crippen LogP contribution in [0.15, 0.2) is 18.2 Å². The molecule has 0 radical (unpaired) electrons. The molecular weight excluding hydrogens is 321 g/mol. The molecule has 3 rings (SSSR count). The fourth-order valence-electron chi connectivity index (χ4n) is 4.57. The van der Waals surface area contributed by atoms with E-state index in [0.29, 0.717) is 28.1 Å². The Kier molecular flexibility index (Phi) is 3.95. The number of hydrogen-bond donors (Lipinski definition) is 0. The van der Waals surface area contributed by atoms with Crippen LogP contribution in [0.4, 0.5) is 0 Å². The van der Waals surface area contributed by atoms with Crippen LogP contribution < -0.4 is 0 Å². The number of nitrogens with zero attached hydrogens (tertiary/aromatic N) is 1. The predicted octanol–water partition coefficient (Wildman–Crippen LogP) is 4.13. The maximum atomic E-state index is 12.8. The quantitative estimate of drug-likeness (QED) is 0.827. The van der Waals surface area contributed by atoms with Crippen LogP contribution in [0, 0.1) is 16.7 Å². The molecule has 1 amide bonds. The first-order chi connectivity index (χ1) is 10.3. The van der Waals surface area contributed by atoms with Crippen LogP contribution in [0.25, 0.3) is 0 Å². The number of rotatable bonds is 3. The molecule has 2 aliphatic rings. The third-order valence-corrected chi connectivity index (χ3v) is 6.02. The van der Waals surface area contributed by atoms with E-state index >= 15 is 0 Å². The molecule has 1 saturated carbocycles. The molecule has 2 atom stereocenters. The number of ether oxygens (including phenoxy) is 1. The van der Waals surface area contributed by atoms with Gasteiger partial charge in [-0.2, -0.15) is 0 Å². The normalized spacial score (nSPS) is 29.1. The highest BCUT2D eigenvalue weighted by Gasteiger charge is 2.63. The lowest BCUT2D eigenvalue weighted by Crippen LogP contribution is -2.55. The monoisotopic (exact) mass is 341 g/mol. The number of methoxy groups -OCH3 is 1. The van der Waals surface area contributed by atoms with E-state index in [1.807, 2.05) is 4.90 Å². The summed E-state index contributed by atoms with van der Waals surface area (Å²) in [6.07, 6.45) is 1.10. The maximum absolute atomic E-state index is 12.8. The summed E-state index contributed by atoms with van der Waals surface area (Å²) in [5.41, 5.74) is 0.982. The summed E-state index contributed by atoms with van der Waals surface area (Å²) in [5.74, 6) is 0.519. The van der Waals surface area contributed by atoms with Crippen molar-refractivity contribution in [1.29, 1.82) is 0 Å². The van der Waals surface area contributed by atoms with Crippen molar-refractivity contribution in [1.82, 2.24) is 4.90 Å². The van der Waals surface area contributed by atoms with Crippen molar-refractivity contribution >= 4 is 29.1 Å². The minimum absolute atomic E-state index is 0.0271. The molecule has 1 aliphatic heterocycles. The van der Waals surface area contributed by atoms with E-state index in [0.717, 1.165) is 19.5 Å². The Labute approximate surface area is 141 Å². The lowest BCUT2D eigenvalue weighted by atomic mass is 9.48. The predicted molar refractivity (Wildman–Crippen MR) is 88.6 cm³/mol. The molecule has 1 aromatic carbocycles. The molecule has 1 saturated heterocycles. The first-order valence-electron chi connectivity index (χ1n) is 7.52. The van der Waals surface area contributed by atoms with E-state index in [1.165, 1.54) is 0 Å². The molecule has 1 aromatic rings. The first kappa shape index (κ1) is 16.1. The van der Waals surface area contributed by atoms with Crippen molar-refractivity contribution in [2.24, 2.45) is 16.7 Å². The zero-order valence-corrected chi connectivity index (χ0v) is 14.7. The smallest absolute Gasteiger partial charge is 0.253 e. The zero-order valence-electron chi connectivity index (χ0n) is 13.2. The summed E-state index contributed by atoms with van der Waals surface area (Å²) in [4.78, 5) is 14.7. The number of benzene rings is 1. The molecule has 0 aromatic heterocycles. The van der Waals surface area contributed by atoms with Gasteiger partial charge in [-0.05, 0) is 36.0 Å². The van der Waals surface area contributed by atoms with Crippen LogP contribution in [0.5, 0.6) is 0 Å². The zero-order chi connectivity index (χ0) is 16.1. The van der Waals surface area contributed by atoms with Crippen LogP contribution in [-0.2, 0) is 4.74 Å². The SMILES string of the molecule is COC[C@@]12CN(C(=O)c3ccc(Cl)c(Cl)c3)C[C@@H]1C(C)(C)C2. The van der Waals surface area contributed by atoms with Crippen molar-refractivity contribution in [2.45, 2.75) is 20.3 Å². The van der Waals surface area contributed by atoms with Gasteiger partial charge in [0.05, 0.1) is 16.7 Å². The number of likely N-dealkylation sites (tertiary alicyclic amines) is 1. The summed E-state index contributed by atoms with van der Waals surface area (Å²) in [5, 5.41) is 0.887. The molecule has 120 valence electrons. The van der Waals surface area contributed by atoms with Gasteiger partial charge in [0.15, 0.2) is 0 Å². The summed E-state index contributed by atoms with van der Waals surface area (Å²) < 4.78 is 5.44. The van der Waals surface area contributed by atoms with Gasteiger partial charge < -0.3 is 9.64 Å². The number of carbonyl (C=O) groups excluding carboxylic acids is 1. The molecule has 2 fully saturated rings. The van der Waals surface area contributed by atoms with Crippen LogP contribution in [0.3, 0.4) is 0 Å². The van der Waals surface area contributed by atoms with Crippen molar-refractivity contribution in [3.63, 3.8) is 0 Å². The molecule has 5 heteroatoms. The lowest BCUT2D eigenvalue weighted by Gasteiger charge is -2.56. The van der Waals surface area contributed by atoms with Gasteiger partial charge in [-0.1, -0.05) is 37.0 Å². The number of carbonyl (C=O) groups is 1. The standard InChI is InChI=1S/C17H21Cl2NO2/c1-16(2)8-17(10-22-3)9-20(7-14(16)17)15(21)11-4-5-12(18)13(19)6-11/h4-6,14H,7-10H2,1-3H3/t14-,17-/m1/s1. The van der Waals surface area contributed by atoms with Crippen molar-refractivity contribution < 1.29 is 9.53 Å². The topological polar surface area (TPSA) is 29.5 Å². The Morgan fingerprint density at radius 3 is 2.68 bits per heavy atom. The molecule has 0 N–H and O–H groups in total. The van der Waals surface area contributed by atoms with Gasteiger partial charge >= 0.3 is 0 Å². The molecule has 0 spiro atoms. The summed E-state index contributed by atoms with van der Waals surface area (Å²) in [6.45, 7) is 6.81. The molecule has 22 heavy (non-hydrogen) atoms. The average Bonchev–Trinajstić information content (AvgIpc) is 2.76. The van der Waals surface area contributed by atoms with Gasteiger partial charge in [-0.15, -0.1) is 0 Å². The van der Waals surface area contributed by atoms with Crippen molar-refractivity contribution in [2.75, 3.05) is 26.8 Å². The third-order valence-electron chi connectivity index (χ3n) is 5.28. The lowest BCUT2D eigenvalue weighted by molar-refractivity contribution is -0.107. The highest BCUT2D eigenvalue weighted by atomic mass is 35.5. The van der Waals surface area contributed by atoms with E-state index in [4.69, 9.17) is 27.9 Å². The van der Waals surface area contributed by atoms with Gasteiger partial charge in [0, 0.05) is 31.2 Å². The molecule has 0 unspecified atom stereocenters. The van der Waals surface area contributed by atoms with Crippen LogP contribution in [0.2, 0.25) is 10.0 Å². The number of halogens is 2. The molecule has 0 bridgehead atoms. The van der Waals surface area contributed by atoms with E-state index in [9.17, 15) is 4.79 Å². The van der Waals surface area contributed by atoms with Gasteiger partial charge in [0.2, 0.25) is 0 Å². The minimum atomic E-state index is 0.0271. The third kappa shape index (κ3) is 2.44. The Morgan fingerprint density at radius 2 is 2.09 bits per heavy atom. The highest BCUT2D eigenvalue weighted by molar-refractivity contribution is 6.42. The number of fused-ring (bicyclic) bond motifs is 1. The highest BCUT2D eigenvalue weighted by Crippen LogP contribution is 2.62. The van der Waals surface area contributed by atoms with E-state index in [-0.39, 0.29) is 16.7 Å². The average molecular weight is 342 g/mol. The fraction of sp³-hybridized carbons (Fsp3) is 0.588. The summed E-state index contributed by atoms with van der Waals surface area (Å²) in [6, 6.07) is 5.07. The van der Waals surface area contributed by atoms with Crippen LogP contribution in [0.1, 0.15) is 30.6 Å². The van der Waals surface area contributed by atoms with Crippen LogP contribution >= 0.6 is 23.2 Å². The first-order valence-corrected chi connectivity index (χ1v) is 8.28. The molecule has 1 aliphatic carbocycles. The molecular formula is C17H21Cl2NO2. The number of amides is 1. The Hall–Kier alpha value is -0.770. The van der Waals surface area contributed by atoms with Crippen molar-refractivity contribution in [3.05, 3.63) is 33.8 Å². The van der Waals surface area contributed by atoms with Gasteiger partial charge in [-0.25, -0.2) is 0 Å². The fourth-order valence-corrected chi connectivity index (χ4v) is 4.87. The molecule has 1 heterocycles.